The highest BCUT2D eigenvalue weighted by Gasteiger charge is 2.20. The first-order valence-electron chi connectivity index (χ1n) is 7.49. The summed E-state index contributed by atoms with van der Waals surface area (Å²) in [6.07, 6.45) is 1.64. The van der Waals surface area contributed by atoms with Gasteiger partial charge in [0.05, 0.1) is 19.8 Å². The van der Waals surface area contributed by atoms with Crippen LogP contribution in [-0.4, -0.2) is 36.7 Å². The smallest absolute Gasteiger partial charge is 0.258 e. The average molecular weight is 327 g/mol. The van der Waals surface area contributed by atoms with E-state index in [9.17, 15) is 9.90 Å². The summed E-state index contributed by atoms with van der Waals surface area (Å²) < 4.78 is 10.5. The SMILES string of the molecule is C=CCN(Cc1ccccc1OC)C(=O)c1cc(OC)ccc1O. The molecule has 0 saturated heterocycles. The minimum atomic E-state index is -0.308. The van der Waals surface area contributed by atoms with E-state index in [4.69, 9.17) is 9.47 Å². The third-order valence-electron chi connectivity index (χ3n) is 3.62. The Morgan fingerprint density at radius 1 is 1.21 bits per heavy atom. The summed E-state index contributed by atoms with van der Waals surface area (Å²) in [5, 5.41) is 10.0. The zero-order valence-electron chi connectivity index (χ0n) is 13.9. The van der Waals surface area contributed by atoms with Gasteiger partial charge in [0.25, 0.3) is 5.91 Å². The van der Waals surface area contributed by atoms with Crippen molar-refractivity contribution < 1.29 is 19.4 Å². The van der Waals surface area contributed by atoms with Crippen molar-refractivity contribution in [3.05, 3.63) is 66.2 Å². The topological polar surface area (TPSA) is 59.0 Å². The first-order valence-corrected chi connectivity index (χ1v) is 7.49. The number of carbonyl (C=O) groups is 1. The van der Waals surface area contributed by atoms with Gasteiger partial charge in [-0.2, -0.15) is 0 Å². The Morgan fingerprint density at radius 3 is 2.62 bits per heavy atom. The number of phenolic OH excluding ortho intramolecular Hbond substituents is 1. The van der Waals surface area contributed by atoms with Gasteiger partial charge in [-0.15, -0.1) is 6.58 Å². The van der Waals surface area contributed by atoms with E-state index in [-0.39, 0.29) is 17.2 Å². The molecule has 2 rings (SSSR count). The molecule has 0 spiro atoms. The standard InChI is InChI=1S/C19H21NO4/c1-4-11-20(13-14-7-5-6-8-18(14)24-3)19(22)16-12-15(23-2)9-10-17(16)21/h4-10,12,21H,1,11,13H2,2-3H3. The Kier molecular flexibility index (Phi) is 5.84. The lowest BCUT2D eigenvalue weighted by Gasteiger charge is -2.23. The Hall–Kier alpha value is -2.95. The molecule has 0 aromatic heterocycles. The number of carbonyl (C=O) groups excluding carboxylic acids is 1. The van der Waals surface area contributed by atoms with Gasteiger partial charge in [-0.3, -0.25) is 4.79 Å². The van der Waals surface area contributed by atoms with Crippen molar-refractivity contribution in [2.45, 2.75) is 6.54 Å². The fourth-order valence-corrected chi connectivity index (χ4v) is 2.40. The van der Waals surface area contributed by atoms with Gasteiger partial charge in [0.1, 0.15) is 17.2 Å². The molecule has 0 heterocycles. The van der Waals surface area contributed by atoms with Gasteiger partial charge in [-0.05, 0) is 24.3 Å². The van der Waals surface area contributed by atoms with Crippen LogP contribution in [0.15, 0.2) is 55.1 Å². The molecule has 0 saturated carbocycles. The third-order valence-corrected chi connectivity index (χ3v) is 3.62. The van der Waals surface area contributed by atoms with Crippen LogP contribution in [0.4, 0.5) is 0 Å². The highest BCUT2D eigenvalue weighted by atomic mass is 16.5. The summed E-state index contributed by atoms with van der Waals surface area (Å²) in [7, 11) is 3.10. The molecule has 0 aliphatic heterocycles. The monoisotopic (exact) mass is 327 g/mol. The van der Waals surface area contributed by atoms with E-state index in [2.05, 4.69) is 6.58 Å². The number of benzene rings is 2. The predicted octanol–water partition coefficient (Wildman–Crippen LogP) is 3.24. The summed E-state index contributed by atoms with van der Waals surface area (Å²) in [5.41, 5.74) is 1.06. The third kappa shape index (κ3) is 3.87. The Bertz CT molecular complexity index is 727. The molecule has 1 amide bonds. The molecule has 0 atom stereocenters. The van der Waals surface area contributed by atoms with E-state index >= 15 is 0 Å². The molecule has 24 heavy (non-hydrogen) atoms. The van der Waals surface area contributed by atoms with Gasteiger partial charge >= 0.3 is 0 Å². The van der Waals surface area contributed by atoms with Crippen LogP contribution in [0.5, 0.6) is 17.2 Å². The van der Waals surface area contributed by atoms with Crippen LogP contribution in [0.2, 0.25) is 0 Å². The predicted molar refractivity (Wildman–Crippen MR) is 92.6 cm³/mol. The second-order valence-electron chi connectivity index (χ2n) is 5.17. The molecule has 1 N–H and O–H groups in total. The molecule has 0 radical (unpaired) electrons. The maximum atomic E-state index is 12.8. The number of para-hydroxylation sites is 1. The highest BCUT2D eigenvalue weighted by Crippen LogP contribution is 2.26. The molecular weight excluding hydrogens is 306 g/mol. The molecule has 126 valence electrons. The van der Waals surface area contributed by atoms with E-state index < -0.39 is 0 Å². The van der Waals surface area contributed by atoms with Crippen molar-refractivity contribution in [2.24, 2.45) is 0 Å². The van der Waals surface area contributed by atoms with Crippen LogP contribution in [-0.2, 0) is 6.54 Å². The Morgan fingerprint density at radius 2 is 1.96 bits per heavy atom. The molecule has 2 aromatic carbocycles. The van der Waals surface area contributed by atoms with Crippen molar-refractivity contribution >= 4 is 5.91 Å². The lowest BCUT2D eigenvalue weighted by molar-refractivity contribution is 0.0758. The first-order chi connectivity index (χ1) is 11.6. The normalized spacial score (nSPS) is 10.1. The first kappa shape index (κ1) is 17.4. The molecule has 0 unspecified atom stereocenters. The average Bonchev–Trinajstić information content (AvgIpc) is 2.61. The van der Waals surface area contributed by atoms with Gasteiger partial charge in [0.15, 0.2) is 0 Å². The van der Waals surface area contributed by atoms with E-state index in [1.54, 1.807) is 24.2 Å². The number of aromatic hydroxyl groups is 1. The minimum Gasteiger partial charge on any atom is -0.507 e. The van der Waals surface area contributed by atoms with Crippen molar-refractivity contribution in [1.29, 1.82) is 0 Å². The maximum absolute atomic E-state index is 12.8. The Labute approximate surface area is 141 Å². The number of methoxy groups -OCH3 is 2. The fourth-order valence-electron chi connectivity index (χ4n) is 2.40. The highest BCUT2D eigenvalue weighted by molar-refractivity contribution is 5.97. The van der Waals surface area contributed by atoms with Crippen LogP contribution in [0.1, 0.15) is 15.9 Å². The second kappa shape index (κ2) is 8.06. The molecule has 0 aliphatic carbocycles. The van der Waals surface area contributed by atoms with Gasteiger partial charge in [-0.25, -0.2) is 0 Å². The van der Waals surface area contributed by atoms with Gasteiger partial charge < -0.3 is 19.5 Å². The number of phenols is 1. The number of ether oxygens (including phenoxy) is 2. The zero-order chi connectivity index (χ0) is 17.5. The molecular formula is C19H21NO4. The van der Waals surface area contributed by atoms with Gasteiger partial charge in [-0.1, -0.05) is 24.3 Å². The number of rotatable bonds is 7. The number of hydrogen-bond donors (Lipinski definition) is 1. The van der Waals surface area contributed by atoms with Crippen LogP contribution >= 0.6 is 0 Å². The zero-order valence-corrected chi connectivity index (χ0v) is 13.9. The van der Waals surface area contributed by atoms with Gasteiger partial charge in [0.2, 0.25) is 0 Å². The minimum absolute atomic E-state index is 0.0881. The van der Waals surface area contributed by atoms with Crippen molar-refractivity contribution in [3.63, 3.8) is 0 Å². The summed E-state index contributed by atoms with van der Waals surface area (Å²) in [6, 6.07) is 12.1. The van der Waals surface area contributed by atoms with E-state index in [0.717, 1.165) is 5.56 Å². The quantitative estimate of drug-likeness (QED) is 0.793. The molecule has 0 aliphatic rings. The molecule has 5 nitrogen and oxygen atoms in total. The van der Waals surface area contributed by atoms with Crippen LogP contribution in [0.3, 0.4) is 0 Å². The van der Waals surface area contributed by atoms with Crippen LogP contribution in [0, 0.1) is 0 Å². The lowest BCUT2D eigenvalue weighted by Crippen LogP contribution is -2.31. The lowest BCUT2D eigenvalue weighted by atomic mass is 10.1. The maximum Gasteiger partial charge on any atom is 0.258 e. The Balaban J connectivity index is 2.33. The summed E-state index contributed by atoms with van der Waals surface area (Å²) >= 11 is 0. The molecule has 0 fully saturated rings. The largest absolute Gasteiger partial charge is 0.507 e. The number of amides is 1. The summed E-state index contributed by atoms with van der Waals surface area (Å²) in [5.74, 6) is 0.813. The van der Waals surface area contributed by atoms with E-state index in [1.165, 1.54) is 19.2 Å². The fraction of sp³-hybridized carbons (Fsp3) is 0.211. The van der Waals surface area contributed by atoms with Crippen molar-refractivity contribution in [1.82, 2.24) is 4.90 Å². The molecule has 2 aromatic rings. The van der Waals surface area contributed by atoms with Crippen molar-refractivity contribution in [2.75, 3.05) is 20.8 Å². The van der Waals surface area contributed by atoms with E-state index in [1.807, 2.05) is 24.3 Å². The number of hydrogen-bond acceptors (Lipinski definition) is 4. The van der Waals surface area contributed by atoms with Crippen molar-refractivity contribution in [3.8, 4) is 17.2 Å². The molecule has 5 heteroatoms. The van der Waals surface area contributed by atoms with Gasteiger partial charge in [0, 0.05) is 18.7 Å². The van der Waals surface area contributed by atoms with E-state index in [0.29, 0.717) is 24.6 Å². The number of nitrogens with zero attached hydrogens (tertiary/aromatic N) is 1. The molecule has 0 bridgehead atoms. The summed E-state index contributed by atoms with van der Waals surface area (Å²) in [4.78, 5) is 14.4. The summed E-state index contributed by atoms with van der Waals surface area (Å²) in [6.45, 7) is 4.38. The van der Waals surface area contributed by atoms with Crippen LogP contribution in [0.25, 0.3) is 0 Å². The second-order valence-corrected chi connectivity index (χ2v) is 5.17. The van der Waals surface area contributed by atoms with Crippen LogP contribution < -0.4 is 9.47 Å².